The number of methoxy groups -OCH3 is 3. The largest absolute Gasteiger partial charge is 0.497 e. The predicted octanol–water partition coefficient (Wildman–Crippen LogP) is 9.35. The van der Waals surface area contributed by atoms with Crippen molar-refractivity contribution >= 4 is 40.4 Å². The second-order valence-electron chi connectivity index (χ2n) is 13.7. The van der Waals surface area contributed by atoms with E-state index in [-0.39, 0.29) is 11.9 Å². The van der Waals surface area contributed by atoms with E-state index in [1.807, 2.05) is 26.0 Å². The van der Waals surface area contributed by atoms with E-state index in [2.05, 4.69) is 0 Å². The number of hydrogen-bond acceptors (Lipinski definition) is 10. The van der Waals surface area contributed by atoms with E-state index >= 15 is 0 Å². The molecule has 282 valence electrons. The van der Waals surface area contributed by atoms with Gasteiger partial charge in [0.2, 0.25) is 0 Å². The van der Waals surface area contributed by atoms with Gasteiger partial charge in [-0.15, -0.1) is 0 Å². The van der Waals surface area contributed by atoms with Crippen molar-refractivity contribution in [2.45, 2.75) is 58.8 Å². The molecule has 6 rings (SSSR count). The van der Waals surface area contributed by atoms with E-state index in [4.69, 9.17) is 44.4 Å². The van der Waals surface area contributed by atoms with Crippen molar-refractivity contribution in [2.24, 2.45) is 0 Å². The minimum Gasteiger partial charge on any atom is -0.497 e. The molecule has 10 nitrogen and oxygen atoms in total. The summed E-state index contributed by atoms with van der Waals surface area (Å²) < 4.78 is 39.2. The van der Waals surface area contributed by atoms with Crippen LogP contribution in [0.2, 0.25) is 5.02 Å². The molecule has 2 heterocycles. The lowest BCUT2D eigenvalue weighted by molar-refractivity contribution is -0.163. The molecule has 1 aromatic heterocycles. The van der Waals surface area contributed by atoms with Crippen LogP contribution >= 0.6 is 11.6 Å². The molecule has 4 aromatic carbocycles. The highest BCUT2D eigenvalue weighted by Crippen LogP contribution is 2.47. The Morgan fingerprint density at radius 1 is 0.796 bits per heavy atom. The van der Waals surface area contributed by atoms with Crippen LogP contribution in [0.25, 0.3) is 28.2 Å². The molecule has 11 heteroatoms. The Morgan fingerprint density at radius 3 is 1.93 bits per heavy atom. The van der Waals surface area contributed by atoms with Crippen LogP contribution in [-0.2, 0) is 9.53 Å². The number of ether oxygens (including phenoxy) is 6. The Hall–Kier alpha value is -5.74. The fourth-order valence-electron chi connectivity index (χ4n) is 5.69. The van der Waals surface area contributed by atoms with Gasteiger partial charge in [-0.1, -0.05) is 23.7 Å². The summed E-state index contributed by atoms with van der Waals surface area (Å²) in [5, 5.41) is 1.16. The Balaban J connectivity index is 0.000000210. The van der Waals surface area contributed by atoms with Crippen molar-refractivity contribution in [1.29, 1.82) is 0 Å². The Labute approximate surface area is 319 Å². The van der Waals surface area contributed by atoms with Gasteiger partial charge in [-0.3, -0.25) is 4.79 Å². The van der Waals surface area contributed by atoms with Gasteiger partial charge in [-0.05, 0) is 120 Å². The van der Waals surface area contributed by atoms with Crippen molar-refractivity contribution in [3.8, 4) is 39.9 Å². The van der Waals surface area contributed by atoms with Crippen LogP contribution in [0, 0.1) is 0 Å². The number of hydrogen-bond donors (Lipinski definition) is 0. The molecule has 0 aliphatic carbocycles. The van der Waals surface area contributed by atoms with Gasteiger partial charge in [-0.2, -0.15) is 0 Å². The van der Waals surface area contributed by atoms with Crippen LogP contribution in [0.4, 0.5) is 0 Å². The Morgan fingerprint density at radius 2 is 1.37 bits per heavy atom. The number of esters is 1. The molecule has 54 heavy (non-hydrogen) atoms. The minimum absolute atomic E-state index is 0.110. The summed E-state index contributed by atoms with van der Waals surface area (Å²) in [6.07, 6.45) is 3.70. The summed E-state index contributed by atoms with van der Waals surface area (Å²) >= 11 is 5.84. The molecule has 0 atom stereocenters. The topological polar surface area (TPSA) is 120 Å². The van der Waals surface area contributed by atoms with Crippen LogP contribution in [0.5, 0.6) is 28.7 Å². The van der Waals surface area contributed by atoms with Gasteiger partial charge in [-0.25, -0.2) is 9.59 Å². The van der Waals surface area contributed by atoms with Gasteiger partial charge in [0.05, 0.1) is 33.0 Å². The first-order valence-corrected chi connectivity index (χ1v) is 17.5. The minimum atomic E-state index is -1.12. The molecule has 0 bridgehead atoms. The molecular weight excluding hydrogens is 712 g/mol. The van der Waals surface area contributed by atoms with E-state index in [9.17, 15) is 14.4 Å². The number of ketones is 1. The molecule has 0 saturated carbocycles. The lowest BCUT2D eigenvalue weighted by Crippen LogP contribution is -2.40. The highest BCUT2D eigenvalue weighted by atomic mass is 35.5. The average Bonchev–Trinajstić information content (AvgIpc) is 3.13. The normalized spacial score (nSPS) is 12.9. The molecule has 0 N–H and O–H groups in total. The molecule has 1 aliphatic rings. The quantitative estimate of drug-likeness (QED) is 0.0775. The smallest absolute Gasteiger partial charge is 0.350 e. The van der Waals surface area contributed by atoms with Crippen molar-refractivity contribution in [1.82, 2.24) is 0 Å². The molecule has 0 amide bonds. The molecule has 0 saturated heterocycles. The van der Waals surface area contributed by atoms with Gasteiger partial charge >= 0.3 is 11.6 Å². The zero-order chi connectivity index (χ0) is 39.4. The third kappa shape index (κ3) is 8.72. The molecule has 0 radical (unpaired) electrons. The second-order valence-corrected chi connectivity index (χ2v) is 14.1. The number of benzene rings is 4. The summed E-state index contributed by atoms with van der Waals surface area (Å²) in [6, 6.07) is 22.2. The number of carbonyl (C=O) groups is 2. The zero-order valence-corrected chi connectivity index (χ0v) is 32.5. The van der Waals surface area contributed by atoms with Crippen molar-refractivity contribution in [3.63, 3.8) is 0 Å². The van der Waals surface area contributed by atoms with Crippen molar-refractivity contribution < 1.29 is 42.4 Å². The zero-order valence-electron chi connectivity index (χ0n) is 31.7. The van der Waals surface area contributed by atoms with Gasteiger partial charge in [0.25, 0.3) is 0 Å². The maximum Gasteiger partial charge on any atom is 0.350 e. The summed E-state index contributed by atoms with van der Waals surface area (Å²) in [6.45, 7) is 10.8. The Bertz CT molecular complexity index is 2230. The summed E-state index contributed by atoms with van der Waals surface area (Å²) in [5.41, 5.74) is 1.07. The number of fused-ring (bicyclic) bond motifs is 2. The third-order valence-electron chi connectivity index (χ3n) is 8.35. The third-order valence-corrected chi connectivity index (χ3v) is 8.60. The fraction of sp³-hybridized carbons (Fsp3) is 0.279. The van der Waals surface area contributed by atoms with Crippen LogP contribution in [0.1, 0.15) is 63.0 Å². The second kappa shape index (κ2) is 16.1. The van der Waals surface area contributed by atoms with Gasteiger partial charge in [0.1, 0.15) is 50.9 Å². The van der Waals surface area contributed by atoms with Crippen LogP contribution in [0.15, 0.2) is 94.2 Å². The molecular formula is C43H43ClO10. The molecule has 0 spiro atoms. The molecule has 0 fully saturated rings. The number of carbonyl (C=O) groups excluding carboxylic acids is 2. The van der Waals surface area contributed by atoms with E-state index in [1.165, 1.54) is 7.11 Å². The van der Waals surface area contributed by atoms with Crippen LogP contribution < -0.4 is 29.3 Å². The molecule has 1 aliphatic heterocycles. The fourth-order valence-corrected chi connectivity index (χ4v) is 5.82. The lowest BCUT2D eigenvalue weighted by Gasteiger charge is -2.29. The molecule has 5 aromatic rings. The van der Waals surface area contributed by atoms with E-state index in [0.29, 0.717) is 67.0 Å². The van der Waals surface area contributed by atoms with Crippen LogP contribution in [0.3, 0.4) is 0 Å². The highest BCUT2D eigenvalue weighted by molar-refractivity contribution is 6.30. The number of rotatable bonds is 10. The predicted molar refractivity (Wildman–Crippen MR) is 209 cm³/mol. The average molecular weight is 755 g/mol. The van der Waals surface area contributed by atoms with Crippen molar-refractivity contribution in [2.75, 3.05) is 21.3 Å². The van der Waals surface area contributed by atoms with Crippen LogP contribution in [-0.4, -0.2) is 50.4 Å². The molecule has 0 unspecified atom stereocenters. The number of halogens is 1. The van der Waals surface area contributed by atoms with Gasteiger partial charge < -0.3 is 32.8 Å². The van der Waals surface area contributed by atoms with E-state index in [1.54, 1.807) is 121 Å². The first-order valence-electron chi connectivity index (χ1n) is 17.2. The maximum atomic E-state index is 12.9. The van der Waals surface area contributed by atoms with Gasteiger partial charge in [0, 0.05) is 22.2 Å². The summed E-state index contributed by atoms with van der Waals surface area (Å²) in [5.74, 6) is 2.13. The standard InChI is InChI=1S/C23H22O6.C20H21ClO4/c1-23(2)11-10-15-16(29-23)12-17-19(20(15)26-4)21(27-5)18(22(24)28-17)13-6-8-14(25-3)9-7-13;1-13(2)24-19(23)20(3,4)25-17-11-7-15(8-12-17)18(22)14-5-9-16(21)10-6-14/h6-12H,1-5H3;5-13H,1-4H3. The first-order chi connectivity index (χ1) is 25.6. The lowest BCUT2D eigenvalue weighted by atomic mass is 9.98. The summed E-state index contributed by atoms with van der Waals surface area (Å²) in [4.78, 5) is 37.4. The van der Waals surface area contributed by atoms with Crippen molar-refractivity contribution in [3.05, 3.63) is 117 Å². The summed E-state index contributed by atoms with van der Waals surface area (Å²) in [7, 11) is 4.68. The van der Waals surface area contributed by atoms with E-state index < -0.39 is 22.8 Å². The van der Waals surface area contributed by atoms with Gasteiger partial charge in [0.15, 0.2) is 11.4 Å². The monoisotopic (exact) mass is 754 g/mol. The first kappa shape index (κ1) is 39.5. The maximum absolute atomic E-state index is 12.9. The highest BCUT2D eigenvalue weighted by Gasteiger charge is 2.33. The SMILES string of the molecule is CC(C)OC(=O)C(C)(C)Oc1ccc(C(=O)c2ccc(Cl)cc2)cc1.COc1ccc(-c2c(OC)c3c(OC)c4c(cc3oc2=O)OC(C)(C)C=C4)cc1. The Kier molecular flexibility index (Phi) is 11.8. The van der Waals surface area contributed by atoms with E-state index in [0.717, 1.165) is 5.56 Å².